The van der Waals surface area contributed by atoms with E-state index in [1.54, 1.807) is 6.92 Å². The van der Waals surface area contributed by atoms with Crippen LogP contribution in [0.5, 0.6) is 0 Å². The molecule has 8 heteroatoms. The highest BCUT2D eigenvalue weighted by atomic mass is 32.1. The van der Waals surface area contributed by atoms with E-state index >= 15 is 0 Å². The minimum Gasteiger partial charge on any atom is -0.450 e. The lowest BCUT2D eigenvalue weighted by Crippen LogP contribution is -2.29. The number of halogens is 2. The molecule has 0 aliphatic carbocycles. The van der Waals surface area contributed by atoms with Gasteiger partial charge >= 0.3 is 6.09 Å². The van der Waals surface area contributed by atoms with Gasteiger partial charge in [-0.2, -0.15) is 0 Å². The van der Waals surface area contributed by atoms with Gasteiger partial charge in [-0.25, -0.2) is 18.6 Å². The SMILES string of the molecule is CCOC(=O)Nc1nc2c(s1)CN(Cc1cc(F)ccc1F)CC2. The fourth-order valence-electron chi connectivity index (χ4n) is 2.60. The van der Waals surface area contributed by atoms with E-state index in [4.69, 9.17) is 4.74 Å². The summed E-state index contributed by atoms with van der Waals surface area (Å²) < 4.78 is 31.9. The predicted molar refractivity (Wildman–Crippen MR) is 86.9 cm³/mol. The van der Waals surface area contributed by atoms with Gasteiger partial charge in [-0.15, -0.1) is 0 Å². The van der Waals surface area contributed by atoms with Gasteiger partial charge in [0, 0.05) is 36.5 Å². The largest absolute Gasteiger partial charge is 0.450 e. The smallest absolute Gasteiger partial charge is 0.413 e. The van der Waals surface area contributed by atoms with E-state index in [1.807, 2.05) is 4.90 Å². The molecule has 0 unspecified atom stereocenters. The van der Waals surface area contributed by atoms with Gasteiger partial charge in [-0.05, 0) is 25.1 Å². The van der Waals surface area contributed by atoms with Crippen molar-refractivity contribution in [3.8, 4) is 0 Å². The summed E-state index contributed by atoms with van der Waals surface area (Å²) in [6.45, 7) is 3.65. The average Bonchev–Trinajstić information content (AvgIpc) is 2.92. The molecule has 1 amide bonds. The van der Waals surface area contributed by atoms with Crippen molar-refractivity contribution in [1.29, 1.82) is 0 Å². The first-order valence-electron chi connectivity index (χ1n) is 7.63. The van der Waals surface area contributed by atoms with Gasteiger partial charge in [-0.3, -0.25) is 10.2 Å². The molecule has 1 aromatic heterocycles. The molecule has 24 heavy (non-hydrogen) atoms. The minimum atomic E-state index is -0.526. The van der Waals surface area contributed by atoms with Crippen molar-refractivity contribution < 1.29 is 18.3 Å². The van der Waals surface area contributed by atoms with Crippen LogP contribution in [0.3, 0.4) is 0 Å². The Hall–Kier alpha value is -2.06. The Kier molecular flexibility index (Phi) is 5.06. The molecule has 0 atom stereocenters. The number of nitrogens with one attached hydrogen (secondary N) is 1. The van der Waals surface area contributed by atoms with Gasteiger partial charge in [0.25, 0.3) is 0 Å². The summed E-state index contributed by atoms with van der Waals surface area (Å²) in [5.74, 6) is -0.848. The molecule has 0 saturated heterocycles. The summed E-state index contributed by atoms with van der Waals surface area (Å²) in [5, 5.41) is 3.10. The van der Waals surface area contributed by atoms with Crippen molar-refractivity contribution in [3.05, 3.63) is 46.0 Å². The number of nitrogens with zero attached hydrogens (tertiary/aromatic N) is 2. The van der Waals surface area contributed by atoms with E-state index in [1.165, 1.54) is 17.4 Å². The number of anilines is 1. The summed E-state index contributed by atoms with van der Waals surface area (Å²) in [5.41, 5.74) is 1.27. The predicted octanol–water partition coefficient (Wildman–Crippen LogP) is 3.55. The Morgan fingerprint density at radius 3 is 3.08 bits per heavy atom. The van der Waals surface area contributed by atoms with Crippen molar-refractivity contribution in [2.75, 3.05) is 18.5 Å². The maximum atomic E-state index is 13.8. The zero-order valence-electron chi connectivity index (χ0n) is 13.1. The van der Waals surface area contributed by atoms with Crippen LogP contribution in [0.15, 0.2) is 18.2 Å². The van der Waals surface area contributed by atoms with Crippen LogP contribution in [-0.2, 0) is 24.2 Å². The number of hydrogen-bond donors (Lipinski definition) is 1. The molecular formula is C16H17F2N3O2S. The summed E-state index contributed by atoms with van der Waals surface area (Å²) in [7, 11) is 0. The van der Waals surface area contributed by atoms with Gasteiger partial charge in [0.15, 0.2) is 5.13 Å². The van der Waals surface area contributed by atoms with E-state index in [0.717, 1.165) is 22.7 Å². The van der Waals surface area contributed by atoms with Crippen molar-refractivity contribution >= 4 is 22.6 Å². The van der Waals surface area contributed by atoms with Gasteiger partial charge < -0.3 is 4.74 Å². The molecule has 128 valence electrons. The fraction of sp³-hybridized carbons (Fsp3) is 0.375. The molecule has 2 aromatic rings. The third-order valence-corrected chi connectivity index (χ3v) is 4.69. The zero-order valence-corrected chi connectivity index (χ0v) is 14.0. The van der Waals surface area contributed by atoms with E-state index in [9.17, 15) is 13.6 Å². The highest BCUT2D eigenvalue weighted by molar-refractivity contribution is 7.15. The van der Waals surface area contributed by atoms with E-state index in [2.05, 4.69) is 10.3 Å². The number of amides is 1. The monoisotopic (exact) mass is 353 g/mol. The molecule has 0 spiro atoms. The van der Waals surface area contributed by atoms with Gasteiger partial charge in [-0.1, -0.05) is 11.3 Å². The van der Waals surface area contributed by atoms with Crippen LogP contribution in [0, 0.1) is 11.6 Å². The lowest BCUT2D eigenvalue weighted by atomic mass is 10.1. The first-order valence-corrected chi connectivity index (χ1v) is 8.45. The van der Waals surface area contributed by atoms with Crippen molar-refractivity contribution in [1.82, 2.24) is 9.88 Å². The number of carbonyl (C=O) groups excluding carboxylic acids is 1. The Morgan fingerprint density at radius 2 is 2.29 bits per heavy atom. The second kappa shape index (κ2) is 7.23. The lowest BCUT2D eigenvalue weighted by molar-refractivity contribution is 0.168. The number of fused-ring (bicyclic) bond motifs is 1. The van der Waals surface area contributed by atoms with Crippen LogP contribution in [0.2, 0.25) is 0 Å². The lowest BCUT2D eigenvalue weighted by Gasteiger charge is -2.25. The van der Waals surface area contributed by atoms with Crippen LogP contribution in [0.1, 0.15) is 23.1 Å². The Morgan fingerprint density at radius 1 is 1.46 bits per heavy atom. The number of thiazole rings is 1. The van der Waals surface area contributed by atoms with Crippen molar-refractivity contribution in [2.45, 2.75) is 26.4 Å². The minimum absolute atomic E-state index is 0.296. The molecule has 1 aliphatic rings. The van der Waals surface area contributed by atoms with E-state index in [0.29, 0.717) is 43.4 Å². The zero-order chi connectivity index (χ0) is 17.1. The molecule has 0 saturated carbocycles. The van der Waals surface area contributed by atoms with Crippen LogP contribution >= 0.6 is 11.3 Å². The number of benzene rings is 1. The van der Waals surface area contributed by atoms with Crippen molar-refractivity contribution in [3.63, 3.8) is 0 Å². The number of rotatable bonds is 4. The normalized spacial score (nSPS) is 14.3. The molecule has 0 radical (unpaired) electrons. The second-order valence-corrected chi connectivity index (χ2v) is 6.51. The Bertz CT molecular complexity index is 751. The van der Waals surface area contributed by atoms with Crippen LogP contribution in [0.25, 0.3) is 0 Å². The molecular weight excluding hydrogens is 336 g/mol. The summed E-state index contributed by atoms with van der Waals surface area (Å²) >= 11 is 1.38. The molecule has 2 heterocycles. The third-order valence-electron chi connectivity index (χ3n) is 3.70. The Labute approximate surface area is 142 Å². The summed E-state index contributed by atoms with van der Waals surface area (Å²) in [4.78, 5) is 18.9. The number of ether oxygens (including phenoxy) is 1. The van der Waals surface area contributed by atoms with Crippen LogP contribution in [0.4, 0.5) is 18.7 Å². The first kappa shape index (κ1) is 16.8. The average molecular weight is 353 g/mol. The molecule has 1 N–H and O–H groups in total. The summed E-state index contributed by atoms with van der Waals surface area (Å²) in [6, 6.07) is 3.49. The Balaban J connectivity index is 1.67. The quantitative estimate of drug-likeness (QED) is 0.913. The molecule has 5 nitrogen and oxygen atoms in total. The molecule has 1 aliphatic heterocycles. The third kappa shape index (κ3) is 3.88. The standard InChI is InChI=1S/C16H17F2N3O2S/c1-2-23-16(22)20-15-19-13-5-6-21(9-14(13)24-15)8-10-7-11(17)3-4-12(10)18/h3-4,7H,2,5-6,8-9H2,1H3,(H,19,20,22). The van der Waals surface area contributed by atoms with E-state index < -0.39 is 17.7 Å². The van der Waals surface area contributed by atoms with Gasteiger partial charge in [0.05, 0.1) is 12.3 Å². The molecule has 0 fully saturated rings. The maximum Gasteiger partial charge on any atom is 0.413 e. The molecule has 3 rings (SSSR count). The number of hydrogen-bond acceptors (Lipinski definition) is 5. The number of aromatic nitrogens is 1. The highest BCUT2D eigenvalue weighted by Crippen LogP contribution is 2.29. The molecule has 0 bridgehead atoms. The van der Waals surface area contributed by atoms with Gasteiger partial charge in [0.2, 0.25) is 0 Å². The van der Waals surface area contributed by atoms with Crippen LogP contribution < -0.4 is 5.32 Å². The topological polar surface area (TPSA) is 54.5 Å². The van der Waals surface area contributed by atoms with Crippen molar-refractivity contribution in [2.24, 2.45) is 0 Å². The van der Waals surface area contributed by atoms with Crippen LogP contribution in [-0.4, -0.2) is 29.1 Å². The highest BCUT2D eigenvalue weighted by Gasteiger charge is 2.22. The summed E-state index contributed by atoms with van der Waals surface area (Å²) in [6.07, 6.45) is 0.176. The van der Waals surface area contributed by atoms with Gasteiger partial charge in [0.1, 0.15) is 11.6 Å². The first-order chi connectivity index (χ1) is 11.5. The maximum absolute atomic E-state index is 13.8. The fourth-order valence-corrected chi connectivity index (χ4v) is 3.63. The number of carbonyl (C=O) groups is 1. The van der Waals surface area contributed by atoms with E-state index in [-0.39, 0.29) is 0 Å². The molecule has 1 aromatic carbocycles. The second-order valence-electron chi connectivity index (χ2n) is 5.43.